The van der Waals surface area contributed by atoms with Crippen LogP contribution in [0.1, 0.15) is 54.9 Å². The summed E-state index contributed by atoms with van der Waals surface area (Å²) in [6.07, 6.45) is 6.75. The molecule has 0 spiro atoms. The highest BCUT2D eigenvalue weighted by Crippen LogP contribution is 2.29. The second kappa shape index (κ2) is 11.6. The van der Waals surface area contributed by atoms with E-state index in [1.54, 1.807) is 0 Å². The molecule has 0 aromatic rings. The number of rotatable bonds is 11. The van der Waals surface area contributed by atoms with Crippen LogP contribution < -0.4 is 0 Å². The summed E-state index contributed by atoms with van der Waals surface area (Å²) in [5, 5.41) is 0. The second-order valence-electron chi connectivity index (χ2n) is 6.11. The number of ether oxygens (including phenoxy) is 1. The third kappa shape index (κ3) is 7.49. The molecule has 0 heterocycles. The van der Waals surface area contributed by atoms with E-state index in [1.165, 1.54) is 11.6 Å². The van der Waals surface area contributed by atoms with Gasteiger partial charge in [0.1, 0.15) is 0 Å². The van der Waals surface area contributed by atoms with Crippen LogP contribution in [0.2, 0.25) is 18.1 Å². The Labute approximate surface area is 144 Å². The molecule has 0 bridgehead atoms. The minimum absolute atomic E-state index is 0.0483. The average Bonchev–Trinajstić information content (AvgIpc) is 2.55. The summed E-state index contributed by atoms with van der Waals surface area (Å²) in [5.41, 5.74) is 1.26. The molecule has 0 N–H and O–H groups in total. The van der Waals surface area contributed by atoms with E-state index in [-0.39, 0.29) is 18.0 Å². The molecule has 23 heavy (non-hydrogen) atoms. The van der Waals surface area contributed by atoms with Crippen LogP contribution in [0.4, 0.5) is 0 Å². The molecule has 0 aromatic heterocycles. The summed E-state index contributed by atoms with van der Waals surface area (Å²) < 4.78 is 11.7. The Balaban J connectivity index is 5.29. The first-order valence-electron chi connectivity index (χ1n) is 9.08. The lowest BCUT2D eigenvalue weighted by atomic mass is 9.97. The van der Waals surface area contributed by atoms with E-state index in [1.807, 2.05) is 13.0 Å². The van der Waals surface area contributed by atoms with Gasteiger partial charge in [0.2, 0.25) is 0 Å². The number of carbonyl (C=O) groups is 1. The first kappa shape index (κ1) is 22.1. The fourth-order valence-corrected chi connectivity index (χ4v) is 5.78. The van der Waals surface area contributed by atoms with Crippen LogP contribution in [0.15, 0.2) is 23.8 Å². The van der Waals surface area contributed by atoms with Crippen molar-refractivity contribution in [2.24, 2.45) is 5.92 Å². The fraction of sp³-hybridized carbons (Fsp3) is 0.737. The molecule has 2 unspecified atom stereocenters. The predicted octanol–water partition coefficient (Wildman–Crippen LogP) is 5.49. The first-order valence-corrected chi connectivity index (χ1v) is 11.6. The van der Waals surface area contributed by atoms with Crippen molar-refractivity contribution in [2.45, 2.75) is 79.1 Å². The van der Waals surface area contributed by atoms with Crippen LogP contribution in [-0.4, -0.2) is 27.0 Å². The SMILES string of the molecule is CC/C=C(\C)C(O[Si](CC)(CC)CC)C(C)/C=C/C(=O)OCC. The van der Waals surface area contributed by atoms with Gasteiger partial charge in [-0.1, -0.05) is 46.8 Å². The molecule has 0 aliphatic heterocycles. The first-order chi connectivity index (χ1) is 10.9. The van der Waals surface area contributed by atoms with E-state index in [9.17, 15) is 4.79 Å². The molecule has 0 rings (SSSR count). The summed E-state index contributed by atoms with van der Waals surface area (Å²) in [7, 11) is -1.70. The highest BCUT2D eigenvalue weighted by atomic mass is 28.4. The fourth-order valence-electron chi connectivity index (χ4n) is 2.84. The van der Waals surface area contributed by atoms with Gasteiger partial charge in [-0.25, -0.2) is 4.79 Å². The number of hydrogen-bond donors (Lipinski definition) is 0. The number of esters is 1. The Morgan fingerprint density at radius 2 is 1.65 bits per heavy atom. The van der Waals surface area contributed by atoms with Crippen LogP contribution in [0.3, 0.4) is 0 Å². The van der Waals surface area contributed by atoms with Gasteiger partial charge in [-0.2, -0.15) is 0 Å². The van der Waals surface area contributed by atoms with E-state index in [0.29, 0.717) is 6.61 Å². The lowest BCUT2D eigenvalue weighted by Crippen LogP contribution is -2.42. The normalized spacial score (nSPS) is 15.7. The third-order valence-electron chi connectivity index (χ3n) is 4.58. The van der Waals surface area contributed by atoms with Gasteiger partial charge in [0, 0.05) is 12.0 Å². The topological polar surface area (TPSA) is 35.5 Å². The van der Waals surface area contributed by atoms with E-state index in [4.69, 9.17) is 9.16 Å². The summed E-state index contributed by atoms with van der Waals surface area (Å²) in [4.78, 5) is 11.6. The van der Waals surface area contributed by atoms with Crippen LogP contribution in [-0.2, 0) is 14.0 Å². The van der Waals surface area contributed by atoms with Crippen molar-refractivity contribution in [1.82, 2.24) is 0 Å². The number of carbonyl (C=O) groups excluding carboxylic acids is 1. The predicted molar refractivity (Wildman–Crippen MR) is 101 cm³/mol. The third-order valence-corrected chi connectivity index (χ3v) is 9.20. The van der Waals surface area contributed by atoms with Gasteiger partial charge in [-0.05, 0) is 44.0 Å². The Kier molecular flexibility index (Phi) is 11.2. The standard InChI is InChI=1S/C19H36O3Si/c1-8-13-16(6)19(22-23(10-3,11-4)12-5)17(7)14-15-18(20)21-9-2/h13-15,17,19H,8-12H2,1-7H3/b15-14+,16-13+. The molecule has 0 saturated carbocycles. The molecule has 0 radical (unpaired) electrons. The highest BCUT2D eigenvalue weighted by Gasteiger charge is 2.34. The van der Waals surface area contributed by atoms with Crippen LogP contribution in [0.25, 0.3) is 0 Å². The van der Waals surface area contributed by atoms with Crippen molar-refractivity contribution in [2.75, 3.05) is 6.61 Å². The molecule has 0 aliphatic carbocycles. The number of hydrogen-bond acceptors (Lipinski definition) is 3. The van der Waals surface area contributed by atoms with E-state index in [0.717, 1.165) is 24.6 Å². The maximum Gasteiger partial charge on any atom is 0.330 e. The molecular formula is C19H36O3Si. The van der Waals surface area contributed by atoms with E-state index >= 15 is 0 Å². The Morgan fingerprint density at radius 3 is 2.09 bits per heavy atom. The number of allylic oxidation sites excluding steroid dienone is 1. The molecular weight excluding hydrogens is 304 g/mol. The monoisotopic (exact) mass is 340 g/mol. The largest absolute Gasteiger partial charge is 0.463 e. The zero-order chi connectivity index (χ0) is 17.9. The van der Waals surface area contributed by atoms with Crippen LogP contribution in [0, 0.1) is 5.92 Å². The zero-order valence-corrected chi connectivity index (χ0v) is 17.1. The maximum absolute atomic E-state index is 11.6. The quantitative estimate of drug-likeness (QED) is 0.216. The van der Waals surface area contributed by atoms with Gasteiger partial charge in [0.15, 0.2) is 8.32 Å². The van der Waals surface area contributed by atoms with Crippen molar-refractivity contribution in [3.05, 3.63) is 23.8 Å². The van der Waals surface area contributed by atoms with Crippen molar-refractivity contribution in [1.29, 1.82) is 0 Å². The molecule has 134 valence electrons. The Hall–Kier alpha value is -0.873. The van der Waals surface area contributed by atoms with Crippen molar-refractivity contribution in [3.8, 4) is 0 Å². The molecule has 0 aromatic carbocycles. The van der Waals surface area contributed by atoms with Gasteiger partial charge in [-0.3, -0.25) is 0 Å². The van der Waals surface area contributed by atoms with Gasteiger partial charge in [0.25, 0.3) is 0 Å². The van der Waals surface area contributed by atoms with Gasteiger partial charge in [0.05, 0.1) is 12.7 Å². The van der Waals surface area contributed by atoms with Gasteiger partial charge < -0.3 is 9.16 Å². The van der Waals surface area contributed by atoms with Gasteiger partial charge >= 0.3 is 5.97 Å². The Bertz CT molecular complexity index is 389. The minimum Gasteiger partial charge on any atom is -0.463 e. The average molecular weight is 341 g/mol. The lowest BCUT2D eigenvalue weighted by molar-refractivity contribution is -0.137. The maximum atomic E-state index is 11.6. The summed E-state index contributed by atoms with van der Waals surface area (Å²) >= 11 is 0. The molecule has 0 amide bonds. The second-order valence-corrected chi connectivity index (χ2v) is 10.8. The van der Waals surface area contributed by atoms with Crippen molar-refractivity contribution in [3.63, 3.8) is 0 Å². The zero-order valence-electron chi connectivity index (χ0n) is 16.1. The minimum atomic E-state index is -1.70. The van der Waals surface area contributed by atoms with Crippen LogP contribution in [0.5, 0.6) is 0 Å². The molecule has 2 atom stereocenters. The smallest absolute Gasteiger partial charge is 0.330 e. The van der Waals surface area contributed by atoms with E-state index in [2.05, 4.69) is 47.6 Å². The molecule has 0 saturated heterocycles. The highest BCUT2D eigenvalue weighted by molar-refractivity contribution is 6.73. The van der Waals surface area contributed by atoms with E-state index < -0.39 is 8.32 Å². The Morgan fingerprint density at radius 1 is 1.09 bits per heavy atom. The molecule has 0 fully saturated rings. The molecule has 4 heteroatoms. The van der Waals surface area contributed by atoms with Crippen LogP contribution >= 0.6 is 0 Å². The summed E-state index contributed by atoms with van der Waals surface area (Å²) in [6, 6.07) is 3.39. The molecule has 3 nitrogen and oxygen atoms in total. The molecule has 0 aliphatic rings. The van der Waals surface area contributed by atoms with Gasteiger partial charge in [-0.15, -0.1) is 0 Å². The summed E-state index contributed by atoms with van der Waals surface area (Å²) in [5.74, 6) is -0.126. The summed E-state index contributed by atoms with van der Waals surface area (Å²) in [6.45, 7) is 15.4. The lowest BCUT2D eigenvalue weighted by Gasteiger charge is -2.36. The van der Waals surface area contributed by atoms with Crippen molar-refractivity contribution >= 4 is 14.3 Å². The van der Waals surface area contributed by atoms with Crippen molar-refractivity contribution < 1.29 is 14.0 Å².